The van der Waals surface area contributed by atoms with Crippen LogP contribution in [0.1, 0.15) is 0 Å². The topological polar surface area (TPSA) is 42.4 Å². The van der Waals surface area contributed by atoms with Crippen LogP contribution in [0.15, 0.2) is 179 Å². The molecule has 0 atom stereocenters. The minimum Gasteiger partial charge on any atom is -0.456 e. The van der Waals surface area contributed by atoms with Gasteiger partial charge in [0.25, 0.3) is 0 Å². The normalized spacial score (nSPS) is 11.9. The number of hydrogen-bond donors (Lipinski definition) is 0. The van der Waals surface area contributed by atoms with Crippen LogP contribution in [0.3, 0.4) is 0 Å². The van der Waals surface area contributed by atoms with Gasteiger partial charge in [0.1, 0.15) is 16.7 Å². The van der Waals surface area contributed by atoms with Crippen molar-refractivity contribution in [2.75, 3.05) is 4.90 Å². The van der Waals surface area contributed by atoms with E-state index in [0.717, 1.165) is 66.4 Å². The zero-order valence-electron chi connectivity index (χ0n) is 27.4. The van der Waals surface area contributed by atoms with Gasteiger partial charge in [-0.1, -0.05) is 115 Å². The Morgan fingerprint density at radius 2 is 1.12 bits per heavy atom. The Labute approximate surface area is 292 Å². The van der Waals surface area contributed by atoms with Gasteiger partial charge in [0, 0.05) is 44.5 Å². The van der Waals surface area contributed by atoms with E-state index in [4.69, 9.17) is 13.8 Å². The zero-order chi connectivity index (χ0) is 33.5. The van der Waals surface area contributed by atoms with Crippen LogP contribution in [-0.2, 0) is 0 Å². The molecule has 11 rings (SSSR count). The summed E-state index contributed by atoms with van der Waals surface area (Å²) < 4.78 is 13.1. The smallest absolute Gasteiger partial charge is 0.228 e. The van der Waals surface area contributed by atoms with Crippen LogP contribution >= 0.6 is 0 Å². The summed E-state index contributed by atoms with van der Waals surface area (Å²) in [7, 11) is 0. The second-order valence-corrected chi connectivity index (χ2v) is 13.1. The molecule has 0 bridgehead atoms. The first-order valence-corrected chi connectivity index (χ1v) is 17.2. The predicted molar refractivity (Wildman–Crippen MR) is 211 cm³/mol. The maximum absolute atomic E-state index is 6.63. The number of aromatic nitrogens is 1. The average Bonchev–Trinajstić information content (AvgIpc) is 3.80. The fourth-order valence-corrected chi connectivity index (χ4v) is 7.95. The number of oxazole rings is 1. The van der Waals surface area contributed by atoms with E-state index in [1.807, 2.05) is 30.3 Å². The summed E-state index contributed by atoms with van der Waals surface area (Å²) in [4.78, 5) is 7.29. The SMILES string of the molecule is c1ccc(N(c2ccc3c(c2)oc2cccc(-c4nc5ccc6ccccc6c5o4)c23)c2cccc3ccc4c5ccccc5ccc4c23)cc1. The lowest BCUT2D eigenvalue weighted by Gasteiger charge is -2.27. The molecule has 0 amide bonds. The van der Waals surface area contributed by atoms with Crippen LogP contribution in [0.2, 0.25) is 0 Å². The number of rotatable bonds is 4. The van der Waals surface area contributed by atoms with Crippen LogP contribution in [-0.4, -0.2) is 4.98 Å². The number of fused-ring (bicyclic) bond motifs is 11. The lowest BCUT2D eigenvalue weighted by molar-refractivity contribution is 0.623. The predicted octanol–water partition coefficient (Wildman–Crippen LogP) is 13.5. The maximum atomic E-state index is 6.63. The second-order valence-electron chi connectivity index (χ2n) is 13.1. The molecule has 4 heteroatoms. The number of hydrogen-bond acceptors (Lipinski definition) is 4. The van der Waals surface area contributed by atoms with Gasteiger partial charge in [-0.15, -0.1) is 0 Å². The molecule has 11 aromatic rings. The lowest BCUT2D eigenvalue weighted by Crippen LogP contribution is -2.10. The van der Waals surface area contributed by atoms with Crippen LogP contribution in [0.25, 0.3) is 87.6 Å². The first-order valence-electron chi connectivity index (χ1n) is 17.2. The summed E-state index contributed by atoms with van der Waals surface area (Å²) >= 11 is 0. The van der Waals surface area contributed by atoms with E-state index in [9.17, 15) is 0 Å². The van der Waals surface area contributed by atoms with Gasteiger partial charge < -0.3 is 13.7 Å². The van der Waals surface area contributed by atoms with Gasteiger partial charge in [0.15, 0.2) is 5.58 Å². The summed E-state index contributed by atoms with van der Waals surface area (Å²) in [6.07, 6.45) is 0. The highest BCUT2D eigenvalue weighted by Crippen LogP contribution is 2.45. The Kier molecular flexibility index (Phi) is 5.92. The molecule has 0 saturated carbocycles. The van der Waals surface area contributed by atoms with Crippen LogP contribution in [0, 0.1) is 0 Å². The third-order valence-corrected chi connectivity index (χ3v) is 10.2. The van der Waals surface area contributed by atoms with Gasteiger partial charge in [-0.2, -0.15) is 0 Å². The molecule has 0 aliphatic rings. The number of furan rings is 1. The number of nitrogens with zero attached hydrogens (tertiary/aromatic N) is 2. The molecule has 0 aliphatic heterocycles. The van der Waals surface area contributed by atoms with Crippen molar-refractivity contribution in [3.8, 4) is 11.5 Å². The van der Waals surface area contributed by atoms with Gasteiger partial charge in [-0.05, 0) is 80.8 Å². The molecular formula is C47H28N2O2. The van der Waals surface area contributed by atoms with Crippen LogP contribution < -0.4 is 4.90 Å². The first-order chi connectivity index (χ1) is 25.3. The molecule has 0 aliphatic carbocycles. The highest BCUT2D eigenvalue weighted by atomic mass is 16.3. The molecule has 0 spiro atoms. The summed E-state index contributed by atoms with van der Waals surface area (Å²) in [6, 6.07) is 59.8. The Balaban J connectivity index is 1.13. The zero-order valence-corrected chi connectivity index (χ0v) is 27.4. The van der Waals surface area contributed by atoms with Crippen LogP contribution in [0.5, 0.6) is 0 Å². The molecule has 0 N–H and O–H groups in total. The Morgan fingerprint density at radius 3 is 2.02 bits per heavy atom. The molecule has 0 radical (unpaired) electrons. The van der Waals surface area contributed by atoms with Crippen LogP contribution in [0.4, 0.5) is 17.1 Å². The summed E-state index contributed by atoms with van der Waals surface area (Å²) in [5.74, 6) is 0.583. The lowest BCUT2D eigenvalue weighted by atomic mass is 9.95. The quantitative estimate of drug-likeness (QED) is 0.177. The number of anilines is 3. The van der Waals surface area contributed by atoms with E-state index in [1.54, 1.807) is 0 Å². The summed E-state index contributed by atoms with van der Waals surface area (Å²) in [5.41, 5.74) is 7.32. The fraction of sp³-hybridized carbons (Fsp3) is 0. The average molecular weight is 653 g/mol. The van der Waals surface area contributed by atoms with E-state index < -0.39 is 0 Å². The van der Waals surface area contributed by atoms with Gasteiger partial charge in [0.05, 0.1) is 5.69 Å². The van der Waals surface area contributed by atoms with Gasteiger partial charge >= 0.3 is 0 Å². The van der Waals surface area contributed by atoms with Gasteiger partial charge in [0.2, 0.25) is 5.89 Å². The molecule has 0 unspecified atom stereocenters. The second kappa shape index (κ2) is 10.8. The standard InChI is InChI=1S/C47H28N2O2/c1-2-13-32(14-3-1)49(41-18-8-12-31-21-24-36-34-15-6-4-10-29(34)20-25-37(36)44(31)41)33-23-26-38-43(28-33)50-42-19-9-17-39(45(38)42)47-48-40-27-22-30-11-5-7-16-35(30)46(40)51-47/h1-28H. The monoisotopic (exact) mass is 652 g/mol. The van der Waals surface area contributed by atoms with Crippen molar-refractivity contribution in [1.82, 2.24) is 4.98 Å². The van der Waals surface area contributed by atoms with E-state index in [2.05, 4.69) is 144 Å². The van der Waals surface area contributed by atoms with Gasteiger partial charge in [-0.3, -0.25) is 0 Å². The highest BCUT2D eigenvalue weighted by Gasteiger charge is 2.21. The largest absolute Gasteiger partial charge is 0.456 e. The molecule has 4 nitrogen and oxygen atoms in total. The van der Waals surface area contributed by atoms with Crippen molar-refractivity contribution in [1.29, 1.82) is 0 Å². The minimum atomic E-state index is 0.583. The Bertz CT molecular complexity index is 3160. The first kappa shape index (κ1) is 28.0. The molecule has 9 aromatic carbocycles. The molecule has 2 aromatic heterocycles. The molecule has 238 valence electrons. The molecule has 51 heavy (non-hydrogen) atoms. The fourth-order valence-electron chi connectivity index (χ4n) is 7.95. The third kappa shape index (κ3) is 4.23. The Hall–Kier alpha value is -6.91. The van der Waals surface area contributed by atoms with Crippen molar-refractivity contribution in [2.24, 2.45) is 0 Å². The van der Waals surface area contributed by atoms with E-state index >= 15 is 0 Å². The molecular weight excluding hydrogens is 625 g/mol. The molecule has 0 saturated heterocycles. The summed E-state index contributed by atoms with van der Waals surface area (Å²) in [5, 5.41) is 11.5. The van der Waals surface area contributed by atoms with Gasteiger partial charge in [-0.25, -0.2) is 4.98 Å². The van der Waals surface area contributed by atoms with Crippen molar-refractivity contribution in [3.05, 3.63) is 170 Å². The summed E-state index contributed by atoms with van der Waals surface area (Å²) in [6.45, 7) is 0. The number of benzene rings is 9. The highest BCUT2D eigenvalue weighted by molar-refractivity contribution is 6.21. The van der Waals surface area contributed by atoms with Crippen molar-refractivity contribution in [3.63, 3.8) is 0 Å². The Morgan fingerprint density at radius 1 is 0.412 bits per heavy atom. The molecule has 2 heterocycles. The number of para-hydroxylation sites is 1. The minimum absolute atomic E-state index is 0.583. The van der Waals surface area contributed by atoms with E-state index in [0.29, 0.717) is 5.89 Å². The van der Waals surface area contributed by atoms with Crippen molar-refractivity contribution in [2.45, 2.75) is 0 Å². The third-order valence-electron chi connectivity index (χ3n) is 10.2. The van der Waals surface area contributed by atoms with Crippen molar-refractivity contribution < 1.29 is 8.83 Å². The maximum Gasteiger partial charge on any atom is 0.228 e. The van der Waals surface area contributed by atoms with E-state index in [1.165, 1.54) is 32.3 Å². The van der Waals surface area contributed by atoms with E-state index in [-0.39, 0.29) is 0 Å². The molecule has 0 fully saturated rings. The van der Waals surface area contributed by atoms with Crippen molar-refractivity contribution >= 4 is 93.2 Å².